The largest absolute Gasteiger partial charge is 0.492 e. The van der Waals surface area contributed by atoms with Crippen molar-refractivity contribution in [1.82, 2.24) is 9.97 Å². The number of nitrogens with zero attached hydrogens (tertiary/aromatic N) is 3. The van der Waals surface area contributed by atoms with E-state index in [0.717, 1.165) is 36.2 Å². The smallest absolute Gasteiger partial charge is 0.142 e. The summed E-state index contributed by atoms with van der Waals surface area (Å²) in [5.74, 6) is 2.29. The van der Waals surface area contributed by atoms with Crippen LogP contribution in [0.1, 0.15) is 12.8 Å². The molecule has 1 saturated heterocycles. The summed E-state index contributed by atoms with van der Waals surface area (Å²) in [6.07, 6.45) is 7.32. The van der Waals surface area contributed by atoms with Gasteiger partial charge in [0.15, 0.2) is 0 Å². The number of anilines is 1. The van der Waals surface area contributed by atoms with Crippen LogP contribution >= 0.6 is 27.5 Å². The summed E-state index contributed by atoms with van der Waals surface area (Å²) in [7, 11) is 0. The van der Waals surface area contributed by atoms with Gasteiger partial charge in [0.25, 0.3) is 0 Å². The van der Waals surface area contributed by atoms with Gasteiger partial charge in [-0.3, -0.25) is 4.98 Å². The molecule has 1 aliphatic heterocycles. The topological polar surface area (TPSA) is 38.2 Å². The fraction of sp³-hybridized carbons (Fsp3) is 0.375. The van der Waals surface area contributed by atoms with Crippen LogP contribution in [0.25, 0.3) is 0 Å². The Morgan fingerprint density at radius 2 is 2.09 bits per heavy atom. The molecule has 0 aliphatic carbocycles. The highest BCUT2D eigenvalue weighted by atomic mass is 79.9. The Balaban J connectivity index is 1.52. The Bertz CT molecular complexity index is 632. The molecule has 3 rings (SSSR count). The lowest BCUT2D eigenvalue weighted by molar-refractivity contribution is 0.222. The van der Waals surface area contributed by atoms with Crippen LogP contribution in [0.15, 0.2) is 41.3 Å². The minimum absolute atomic E-state index is 0.544. The fourth-order valence-electron chi connectivity index (χ4n) is 2.61. The summed E-state index contributed by atoms with van der Waals surface area (Å²) in [5.41, 5.74) is 0. The molecule has 3 heterocycles. The third kappa shape index (κ3) is 3.70. The molecule has 1 fully saturated rings. The van der Waals surface area contributed by atoms with E-state index in [1.807, 2.05) is 24.4 Å². The average Bonchev–Trinajstić information content (AvgIpc) is 2.55. The average molecular weight is 383 g/mol. The lowest BCUT2D eigenvalue weighted by atomic mass is 9.98. The van der Waals surface area contributed by atoms with E-state index in [9.17, 15) is 0 Å². The second kappa shape index (κ2) is 7.29. The highest BCUT2D eigenvalue weighted by molar-refractivity contribution is 9.10. The number of piperidine rings is 1. The molecule has 0 amide bonds. The van der Waals surface area contributed by atoms with E-state index in [4.69, 9.17) is 16.3 Å². The molecule has 2 aromatic rings. The molecule has 0 unspecified atom stereocenters. The SMILES string of the molecule is Clc1cnccc1OCC1CCN(c2ncccc2Br)CC1. The molecular weight excluding hydrogens is 366 g/mol. The van der Waals surface area contributed by atoms with Crippen molar-refractivity contribution in [1.29, 1.82) is 0 Å². The number of hydrogen-bond donors (Lipinski definition) is 0. The maximum absolute atomic E-state index is 6.05. The molecule has 4 nitrogen and oxygen atoms in total. The summed E-state index contributed by atoms with van der Waals surface area (Å²) >= 11 is 9.62. The number of ether oxygens (including phenoxy) is 1. The molecule has 0 bridgehead atoms. The van der Waals surface area contributed by atoms with E-state index in [2.05, 4.69) is 30.8 Å². The van der Waals surface area contributed by atoms with Gasteiger partial charge in [0.2, 0.25) is 0 Å². The number of hydrogen-bond acceptors (Lipinski definition) is 4. The van der Waals surface area contributed by atoms with E-state index < -0.39 is 0 Å². The van der Waals surface area contributed by atoms with Crippen molar-refractivity contribution in [2.45, 2.75) is 12.8 Å². The first-order valence-electron chi connectivity index (χ1n) is 7.32. The quantitative estimate of drug-likeness (QED) is 0.795. The maximum Gasteiger partial charge on any atom is 0.142 e. The molecule has 0 aromatic carbocycles. The minimum atomic E-state index is 0.544. The Kier molecular flexibility index (Phi) is 5.16. The van der Waals surface area contributed by atoms with Crippen LogP contribution in [0.3, 0.4) is 0 Å². The van der Waals surface area contributed by atoms with E-state index in [1.54, 1.807) is 12.4 Å². The molecule has 0 saturated carbocycles. The summed E-state index contributed by atoms with van der Waals surface area (Å²) < 4.78 is 6.87. The zero-order valence-corrected chi connectivity index (χ0v) is 14.4. The van der Waals surface area contributed by atoms with Crippen molar-refractivity contribution < 1.29 is 4.74 Å². The summed E-state index contributed by atoms with van der Waals surface area (Å²) in [4.78, 5) is 10.7. The molecule has 0 atom stereocenters. The van der Waals surface area contributed by atoms with E-state index in [1.165, 1.54) is 0 Å². The fourth-order valence-corrected chi connectivity index (χ4v) is 3.29. The zero-order chi connectivity index (χ0) is 15.4. The molecule has 6 heteroatoms. The van der Waals surface area contributed by atoms with Gasteiger partial charge in [-0.15, -0.1) is 0 Å². The van der Waals surface area contributed by atoms with E-state index in [-0.39, 0.29) is 0 Å². The summed E-state index contributed by atoms with van der Waals surface area (Å²) in [6, 6.07) is 5.78. The lowest BCUT2D eigenvalue weighted by Gasteiger charge is -2.33. The van der Waals surface area contributed by atoms with Gasteiger partial charge in [0, 0.05) is 37.7 Å². The minimum Gasteiger partial charge on any atom is -0.492 e. The van der Waals surface area contributed by atoms with Crippen LogP contribution in [0, 0.1) is 5.92 Å². The first-order chi connectivity index (χ1) is 10.7. The molecular formula is C16H17BrClN3O. The van der Waals surface area contributed by atoms with E-state index in [0.29, 0.717) is 23.3 Å². The van der Waals surface area contributed by atoms with Gasteiger partial charge in [-0.05, 0) is 46.8 Å². The molecule has 22 heavy (non-hydrogen) atoms. The van der Waals surface area contributed by atoms with E-state index >= 15 is 0 Å². The summed E-state index contributed by atoms with van der Waals surface area (Å²) in [5, 5.41) is 0.567. The normalized spacial score (nSPS) is 15.8. The standard InChI is InChI=1S/C16H17BrClN3O/c17-13-2-1-6-20-16(13)21-8-4-12(5-9-21)11-22-15-3-7-19-10-14(15)18/h1-3,6-7,10,12H,4-5,8-9,11H2. The first kappa shape index (κ1) is 15.6. The molecule has 1 aliphatic rings. The Morgan fingerprint density at radius 3 is 2.82 bits per heavy atom. The van der Waals surface area contributed by atoms with Crippen LogP contribution < -0.4 is 9.64 Å². The van der Waals surface area contributed by atoms with Crippen molar-refractivity contribution in [2.24, 2.45) is 5.92 Å². The van der Waals surface area contributed by atoms with Crippen LogP contribution in [0.2, 0.25) is 5.02 Å². The van der Waals surface area contributed by atoms with Gasteiger partial charge < -0.3 is 9.64 Å². The third-order valence-electron chi connectivity index (χ3n) is 3.86. The van der Waals surface area contributed by atoms with Crippen LogP contribution in [-0.4, -0.2) is 29.7 Å². The zero-order valence-electron chi connectivity index (χ0n) is 12.1. The van der Waals surface area contributed by atoms with Crippen LogP contribution in [0.5, 0.6) is 5.75 Å². The van der Waals surface area contributed by atoms with Gasteiger partial charge in [-0.1, -0.05) is 11.6 Å². The monoisotopic (exact) mass is 381 g/mol. The van der Waals surface area contributed by atoms with Crippen LogP contribution in [0.4, 0.5) is 5.82 Å². The van der Waals surface area contributed by atoms with Crippen molar-refractivity contribution in [2.75, 3.05) is 24.6 Å². The highest BCUT2D eigenvalue weighted by Crippen LogP contribution is 2.29. The van der Waals surface area contributed by atoms with Gasteiger partial charge in [-0.25, -0.2) is 4.98 Å². The molecule has 2 aromatic heterocycles. The van der Waals surface area contributed by atoms with Crippen molar-refractivity contribution >= 4 is 33.3 Å². The van der Waals surface area contributed by atoms with Gasteiger partial charge in [0.05, 0.1) is 11.1 Å². The summed E-state index contributed by atoms with van der Waals surface area (Å²) in [6.45, 7) is 2.68. The van der Waals surface area contributed by atoms with Gasteiger partial charge in [0.1, 0.15) is 16.6 Å². The third-order valence-corrected chi connectivity index (χ3v) is 4.77. The molecule has 0 N–H and O–H groups in total. The van der Waals surface area contributed by atoms with Gasteiger partial charge in [-0.2, -0.15) is 0 Å². The second-order valence-corrected chi connectivity index (χ2v) is 6.62. The molecule has 116 valence electrons. The first-order valence-corrected chi connectivity index (χ1v) is 8.49. The second-order valence-electron chi connectivity index (χ2n) is 5.36. The lowest BCUT2D eigenvalue weighted by Crippen LogP contribution is -2.36. The predicted octanol–water partition coefficient (Wildman–Crippen LogP) is 4.19. The molecule has 0 spiro atoms. The Labute approximate surface area is 143 Å². The number of aromatic nitrogens is 2. The van der Waals surface area contributed by atoms with Gasteiger partial charge >= 0.3 is 0 Å². The van der Waals surface area contributed by atoms with Crippen molar-refractivity contribution in [3.05, 3.63) is 46.3 Å². The number of rotatable bonds is 4. The maximum atomic E-state index is 6.05. The van der Waals surface area contributed by atoms with Crippen LogP contribution in [-0.2, 0) is 0 Å². The number of halogens is 2. The highest BCUT2D eigenvalue weighted by Gasteiger charge is 2.22. The Hall–Kier alpha value is -1.33. The van der Waals surface area contributed by atoms with Crippen molar-refractivity contribution in [3.8, 4) is 5.75 Å². The predicted molar refractivity (Wildman–Crippen MR) is 91.6 cm³/mol. The molecule has 0 radical (unpaired) electrons. The number of pyridine rings is 2. The Morgan fingerprint density at radius 1 is 1.27 bits per heavy atom. The van der Waals surface area contributed by atoms with Crippen molar-refractivity contribution in [3.63, 3.8) is 0 Å².